The summed E-state index contributed by atoms with van der Waals surface area (Å²) in [5, 5.41) is 6.22. The number of carbonyl (C=O) groups is 2. The van der Waals surface area contributed by atoms with E-state index in [1.807, 2.05) is 62.6 Å². The SMILES string of the molecule is CC(C(=O)NCC1(c2ccccn2)CCC1)C(C)C(=O)NCC1(c2ccccn2)CCC1. The van der Waals surface area contributed by atoms with E-state index >= 15 is 0 Å². The summed E-state index contributed by atoms with van der Waals surface area (Å²) in [6, 6.07) is 11.9. The first-order chi connectivity index (χ1) is 15.5. The molecule has 0 aromatic carbocycles. The highest BCUT2D eigenvalue weighted by Gasteiger charge is 2.42. The molecule has 0 spiro atoms. The fourth-order valence-corrected chi connectivity index (χ4v) is 4.90. The highest BCUT2D eigenvalue weighted by Crippen LogP contribution is 2.43. The molecule has 2 N–H and O–H groups in total. The van der Waals surface area contributed by atoms with Crippen LogP contribution in [0.5, 0.6) is 0 Å². The van der Waals surface area contributed by atoms with Gasteiger partial charge < -0.3 is 10.6 Å². The topological polar surface area (TPSA) is 84.0 Å². The number of hydrogen-bond donors (Lipinski definition) is 2. The van der Waals surface area contributed by atoms with Gasteiger partial charge in [0.15, 0.2) is 0 Å². The van der Waals surface area contributed by atoms with Crippen molar-refractivity contribution in [1.29, 1.82) is 0 Å². The van der Waals surface area contributed by atoms with E-state index in [4.69, 9.17) is 0 Å². The molecule has 0 aliphatic heterocycles. The van der Waals surface area contributed by atoms with Gasteiger partial charge in [-0.1, -0.05) is 38.8 Å². The van der Waals surface area contributed by atoms with E-state index < -0.39 is 11.8 Å². The number of carbonyl (C=O) groups excluding carboxylic acids is 2. The first kappa shape index (κ1) is 22.4. The van der Waals surface area contributed by atoms with Crippen LogP contribution in [-0.4, -0.2) is 34.9 Å². The van der Waals surface area contributed by atoms with E-state index in [0.717, 1.165) is 49.9 Å². The van der Waals surface area contributed by atoms with Crippen LogP contribution >= 0.6 is 0 Å². The summed E-state index contributed by atoms with van der Waals surface area (Å²) in [6.07, 6.45) is 10.1. The van der Waals surface area contributed by atoms with Crippen LogP contribution in [0.2, 0.25) is 0 Å². The fourth-order valence-electron chi connectivity index (χ4n) is 4.90. The summed E-state index contributed by atoms with van der Waals surface area (Å²) < 4.78 is 0. The molecule has 2 saturated carbocycles. The molecule has 2 aromatic heterocycles. The predicted octanol–water partition coefficient (Wildman–Crippen LogP) is 3.52. The molecule has 2 atom stereocenters. The van der Waals surface area contributed by atoms with Crippen molar-refractivity contribution < 1.29 is 9.59 Å². The third-order valence-corrected chi connectivity index (χ3v) is 7.82. The maximum atomic E-state index is 12.9. The first-order valence-corrected chi connectivity index (χ1v) is 11.8. The van der Waals surface area contributed by atoms with E-state index in [0.29, 0.717) is 13.1 Å². The summed E-state index contributed by atoms with van der Waals surface area (Å²) in [7, 11) is 0. The van der Waals surface area contributed by atoms with Crippen molar-refractivity contribution >= 4 is 11.8 Å². The molecule has 2 amide bonds. The Morgan fingerprint density at radius 3 is 1.47 bits per heavy atom. The third-order valence-electron chi connectivity index (χ3n) is 7.82. The molecule has 2 aliphatic carbocycles. The van der Waals surface area contributed by atoms with Gasteiger partial charge in [-0.05, 0) is 49.9 Å². The van der Waals surface area contributed by atoms with Crippen LogP contribution in [0, 0.1) is 11.8 Å². The fraction of sp³-hybridized carbons (Fsp3) is 0.538. The number of nitrogens with one attached hydrogen (secondary N) is 2. The zero-order valence-corrected chi connectivity index (χ0v) is 19.1. The number of hydrogen-bond acceptors (Lipinski definition) is 4. The lowest BCUT2D eigenvalue weighted by molar-refractivity contribution is -0.134. The van der Waals surface area contributed by atoms with Crippen LogP contribution in [0.25, 0.3) is 0 Å². The van der Waals surface area contributed by atoms with Crippen molar-refractivity contribution in [3.05, 3.63) is 60.2 Å². The maximum absolute atomic E-state index is 12.9. The van der Waals surface area contributed by atoms with Gasteiger partial charge >= 0.3 is 0 Å². The first-order valence-electron chi connectivity index (χ1n) is 11.8. The standard InChI is InChI=1S/C26H34N4O2/c1-19(23(31)29-17-25(11-7-12-25)21-9-3-5-15-27-21)20(2)24(32)30-18-26(13-8-14-26)22-10-4-6-16-28-22/h3-6,9-10,15-16,19-20H,7-8,11-14,17-18H2,1-2H3,(H,29,31)(H,30,32). The second-order valence-corrected chi connectivity index (χ2v) is 9.71. The molecule has 2 heterocycles. The summed E-state index contributed by atoms with van der Waals surface area (Å²) in [6.45, 7) is 4.83. The van der Waals surface area contributed by atoms with Crippen molar-refractivity contribution in [1.82, 2.24) is 20.6 Å². The van der Waals surface area contributed by atoms with Gasteiger partial charge in [-0.2, -0.15) is 0 Å². The summed E-state index contributed by atoms with van der Waals surface area (Å²) >= 11 is 0. The predicted molar refractivity (Wildman–Crippen MR) is 124 cm³/mol. The molecule has 0 bridgehead atoms. The minimum atomic E-state index is -0.400. The summed E-state index contributed by atoms with van der Waals surface area (Å²) in [5.41, 5.74) is 1.96. The second-order valence-electron chi connectivity index (χ2n) is 9.71. The molecule has 6 heteroatoms. The van der Waals surface area contributed by atoms with Gasteiger partial charge in [-0.25, -0.2) is 0 Å². The molecule has 2 aromatic rings. The van der Waals surface area contributed by atoms with E-state index in [1.54, 1.807) is 0 Å². The van der Waals surface area contributed by atoms with E-state index in [2.05, 4.69) is 20.6 Å². The maximum Gasteiger partial charge on any atom is 0.223 e. The Kier molecular flexibility index (Phi) is 6.58. The largest absolute Gasteiger partial charge is 0.355 e. The van der Waals surface area contributed by atoms with Crippen LogP contribution in [0.4, 0.5) is 0 Å². The Bertz CT molecular complexity index is 846. The van der Waals surface area contributed by atoms with E-state index in [1.165, 1.54) is 0 Å². The van der Waals surface area contributed by atoms with Crippen LogP contribution < -0.4 is 10.6 Å². The Morgan fingerprint density at radius 1 is 0.781 bits per heavy atom. The molecule has 2 unspecified atom stereocenters. The quantitative estimate of drug-likeness (QED) is 0.632. The number of pyridine rings is 2. The van der Waals surface area contributed by atoms with Crippen LogP contribution in [0.15, 0.2) is 48.8 Å². The van der Waals surface area contributed by atoms with Gasteiger partial charge in [0.1, 0.15) is 0 Å². The molecule has 0 radical (unpaired) electrons. The van der Waals surface area contributed by atoms with Crippen molar-refractivity contribution in [2.45, 2.75) is 63.2 Å². The van der Waals surface area contributed by atoms with Crippen LogP contribution in [0.3, 0.4) is 0 Å². The summed E-state index contributed by atoms with van der Waals surface area (Å²) in [4.78, 5) is 34.8. The monoisotopic (exact) mass is 434 g/mol. The van der Waals surface area contributed by atoms with Crippen molar-refractivity contribution in [2.75, 3.05) is 13.1 Å². The van der Waals surface area contributed by atoms with Gasteiger partial charge in [0, 0.05) is 59.5 Å². The Hall–Kier alpha value is -2.76. The summed E-state index contributed by atoms with van der Waals surface area (Å²) in [5.74, 6) is -0.943. The average molecular weight is 435 g/mol. The smallest absolute Gasteiger partial charge is 0.223 e. The highest BCUT2D eigenvalue weighted by molar-refractivity contribution is 5.87. The lowest BCUT2D eigenvalue weighted by Gasteiger charge is -2.42. The third kappa shape index (κ3) is 4.41. The molecule has 4 rings (SSSR count). The Labute approximate surface area is 190 Å². The molecule has 0 saturated heterocycles. The van der Waals surface area contributed by atoms with E-state index in [9.17, 15) is 9.59 Å². The zero-order chi connectivity index (χ0) is 22.6. The van der Waals surface area contributed by atoms with Crippen molar-refractivity contribution in [3.63, 3.8) is 0 Å². The van der Waals surface area contributed by atoms with Gasteiger partial charge in [0.05, 0.1) is 0 Å². The minimum Gasteiger partial charge on any atom is -0.355 e. The van der Waals surface area contributed by atoms with Crippen LogP contribution in [-0.2, 0) is 20.4 Å². The second kappa shape index (κ2) is 9.39. The zero-order valence-electron chi connectivity index (χ0n) is 19.1. The lowest BCUT2D eigenvalue weighted by atomic mass is 9.66. The van der Waals surface area contributed by atoms with Crippen molar-refractivity contribution in [2.24, 2.45) is 11.8 Å². The number of aromatic nitrogens is 2. The molecular weight excluding hydrogens is 400 g/mol. The van der Waals surface area contributed by atoms with Gasteiger partial charge in [0.2, 0.25) is 11.8 Å². The minimum absolute atomic E-state index is 0.0680. The molecule has 170 valence electrons. The number of nitrogens with zero attached hydrogens (tertiary/aromatic N) is 2. The Morgan fingerprint density at radius 2 is 1.19 bits per heavy atom. The van der Waals surface area contributed by atoms with Gasteiger partial charge in [-0.15, -0.1) is 0 Å². The number of amides is 2. The lowest BCUT2D eigenvalue weighted by Crippen LogP contribution is -2.50. The Balaban J connectivity index is 1.30. The molecular formula is C26H34N4O2. The van der Waals surface area contributed by atoms with Crippen LogP contribution in [0.1, 0.15) is 63.8 Å². The van der Waals surface area contributed by atoms with Crippen molar-refractivity contribution in [3.8, 4) is 0 Å². The number of rotatable bonds is 9. The molecule has 32 heavy (non-hydrogen) atoms. The highest BCUT2D eigenvalue weighted by atomic mass is 16.2. The average Bonchev–Trinajstić information content (AvgIpc) is 2.77. The normalized spacial score (nSPS) is 20.2. The van der Waals surface area contributed by atoms with Gasteiger partial charge in [-0.3, -0.25) is 19.6 Å². The van der Waals surface area contributed by atoms with Gasteiger partial charge in [0.25, 0.3) is 0 Å². The van der Waals surface area contributed by atoms with E-state index in [-0.39, 0.29) is 22.6 Å². The molecule has 2 fully saturated rings. The molecule has 6 nitrogen and oxygen atoms in total. The molecule has 2 aliphatic rings.